The number of rotatable bonds is 5. The summed E-state index contributed by atoms with van der Waals surface area (Å²) in [5.41, 5.74) is 4.43. The molecule has 0 saturated carbocycles. The van der Waals surface area contributed by atoms with E-state index in [1.165, 1.54) is 6.42 Å². The van der Waals surface area contributed by atoms with Gasteiger partial charge in [-0.15, -0.1) is 0 Å². The van der Waals surface area contributed by atoms with E-state index in [0.29, 0.717) is 12.0 Å². The molecule has 2 aliphatic rings. The molecular formula is C29H42N2O4. The number of aryl methyl sites for hydroxylation is 2. The summed E-state index contributed by atoms with van der Waals surface area (Å²) in [5.74, 6) is -0.264. The summed E-state index contributed by atoms with van der Waals surface area (Å²) < 4.78 is 5.99. The molecule has 2 heterocycles. The number of oxime groups is 1. The Bertz CT molecular complexity index is 916. The first-order chi connectivity index (χ1) is 17.0. The van der Waals surface area contributed by atoms with Gasteiger partial charge in [0.1, 0.15) is 6.10 Å². The molecule has 1 aromatic rings. The first-order valence-corrected chi connectivity index (χ1v) is 13.4. The second-order valence-electron chi connectivity index (χ2n) is 9.93. The Morgan fingerprint density at radius 2 is 1.91 bits per heavy atom. The highest BCUT2D eigenvalue weighted by atomic mass is 16.6. The quantitative estimate of drug-likeness (QED) is 0.290. The first kappa shape index (κ1) is 27.0. The molecule has 6 nitrogen and oxygen atoms in total. The summed E-state index contributed by atoms with van der Waals surface area (Å²) in [6.45, 7) is 7.70. The number of piperidine rings is 1. The molecule has 1 saturated heterocycles. The number of benzene rings is 1. The first-order valence-electron chi connectivity index (χ1n) is 13.4. The Hall–Kier alpha value is -2.63. The molecule has 3 rings (SSSR count). The lowest BCUT2D eigenvalue weighted by Gasteiger charge is -2.26. The van der Waals surface area contributed by atoms with Crippen LogP contribution in [-0.2, 0) is 20.8 Å². The lowest BCUT2D eigenvalue weighted by Crippen LogP contribution is -2.37. The topological polar surface area (TPSA) is 68.2 Å². The van der Waals surface area contributed by atoms with Crippen LogP contribution in [0.4, 0.5) is 0 Å². The van der Waals surface area contributed by atoms with Gasteiger partial charge < -0.3 is 14.5 Å². The van der Waals surface area contributed by atoms with Gasteiger partial charge in [0.25, 0.3) is 5.91 Å². The van der Waals surface area contributed by atoms with Gasteiger partial charge in [0.15, 0.2) is 6.61 Å². The zero-order valence-corrected chi connectivity index (χ0v) is 21.8. The molecular weight excluding hydrogens is 440 g/mol. The molecule has 1 amide bonds. The average Bonchev–Trinajstić information content (AvgIpc) is 2.82. The van der Waals surface area contributed by atoms with Crippen molar-refractivity contribution in [2.24, 2.45) is 5.16 Å². The summed E-state index contributed by atoms with van der Waals surface area (Å²) in [7, 11) is 0. The van der Waals surface area contributed by atoms with Crippen LogP contribution in [0.3, 0.4) is 0 Å². The SMILES string of the molecule is CCCC1C/C=C/CCCC/C(=N/OCC(=O)N2CCCCC2)Cc2cc(C)cc(C)c2C(=O)O1. The van der Waals surface area contributed by atoms with Crippen LogP contribution in [-0.4, -0.2) is 48.3 Å². The fraction of sp³-hybridized carbons (Fsp3) is 0.621. The Kier molecular flexibility index (Phi) is 10.8. The molecule has 1 aromatic carbocycles. The van der Waals surface area contributed by atoms with Crippen molar-refractivity contribution in [2.45, 2.75) is 97.5 Å². The molecule has 0 spiro atoms. The van der Waals surface area contributed by atoms with E-state index in [0.717, 1.165) is 93.3 Å². The van der Waals surface area contributed by atoms with Gasteiger partial charge >= 0.3 is 5.97 Å². The summed E-state index contributed by atoms with van der Waals surface area (Å²) >= 11 is 0. The molecule has 2 aliphatic heterocycles. The monoisotopic (exact) mass is 482 g/mol. The van der Waals surface area contributed by atoms with Gasteiger partial charge in [-0.25, -0.2) is 4.79 Å². The van der Waals surface area contributed by atoms with Crippen LogP contribution in [0.5, 0.6) is 0 Å². The number of likely N-dealkylation sites (tertiary alicyclic amines) is 1. The van der Waals surface area contributed by atoms with E-state index in [2.05, 4.69) is 30.3 Å². The number of carbonyl (C=O) groups excluding carboxylic acids is 2. The number of ether oxygens (including phenoxy) is 1. The number of hydrogen-bond donors (Lipinski definition) is 0. The van der Waals surface area contributed by atoms with Crippen molar-refractivity contribution in [3.05, 3.63) is 46.5 Å². The molecule has 0 aliphatic carbocycles. The van der Waals surface area contributed by atoms with Crippen LogP contribution in [0, 0.1) is 13.8 Å². The van der Waals surface area contributed by atoms with Gasteiger partial charge in [-0.3, -0.25) is 4.79 Å². The number of carbonyl (C=O) groups is 2. The van der Waals surface area contributed by atoms with Crippen molar-refractivity contribution >= 4 is 17.6 Å². The second-order valence-corrected chi connectivity index (χ2v) is 9.93. The number of nitrogens with zero attached hydrogens (tertiary/aromatic N) is 2. The predicted octanol–water partition coefficient (Wildman–Crippen LogP) is 6.08. The fourth-order valence-corrected chi connectivity index (χ4v) is 5.00. The molecule has 0 aromatic heterocycles. The van der Waals surface area contributed by atoms with E-state index in [1.54, 1.807) is 0 Å². The van der Waals surface area contributed by atoms with E-state index in [-0.39, 0.29) is 24.6 Å². The van der Waals surface area contributed by atoms with Gasteiger partial charge in [0.05, 0.1) is 11.3 Å². The van der Waals surface area contributed by atoms with E-state index >= 15 is 0 Å². The molecule has 192 valence electrons. The van der Waals surface area contributed by atoms with Crippen molar-refractivity contribution in [3.63, 3.8) is 0 Å². The summed E-state index contributed by atoms with van der Waals surface area (Å²) in [6, 6.07) is 4.08. The predicted molar refractivity (Wildman–Crippen MR) is 140 cm³/mol. The number of allylic oxidation sites excluding steroid dienone is 1. The van der Waals surface area contributed by atoms with Crippen molar-refractivity contribution in [1.82, 2.24) is 4.90 Å². The zero-order chi connectivity index (χ0) is 25.0. The average molecular weight is 483 g/mol. The Morgan fingerprint density at radius 3 is 2.69 bits per heavy atom. The number of esters is 1. The number of hydrogen-bond acceptors (Lipinski definition) is 5. The number of cyclic esters (lactones) is 1. The van der Waals surface area contributed by atoms with Crippen LogP contribution in [0.25, 0.3) is 0 Å². The maximum atomic E-state index is 13.3. The lowest BCUT2D eigenvalue weighted by molar-refractivity contribution is -0.137. The number of fused-ring (bicyclic) bond motifs is 1. The molecule has 0 bridgehead atoms. The van der Waals surface area contributed by atoms with Gasteiger partial charge in [-0.2, -0.15) is 0 Å². The maximum absolute atomic E-state index is 13.3. The molecule has 35 heavy (non-hydrogen) atoms. The molecule has 6 heteroatoms. The summed E-state index contributed by atoms with van der Waals surface area (Å²) in [5, 5.41) is 4.41. The zero-order valence-electron chi connectivity index (χ0n) is 21.8. The number of amides is 1. The summed E-state index contributed by atoms with van der Waals surface area (Å²) in [4.78, 5) is 33.2. The third-order valence-electron chi connectivity index (χ3n) is 6.79. The highest BCUT2D eigenvalue weighted by molar-refractivity contribution is 5.96. The molecule has 1 atom stereocenters. The molecule has 1 unspecified atom stereocenters. The van der Waals surface area contributed by atoms with E-state index < -0.39 is 0 Å². The van der Waals surface area contributed by atoms with Crippen LogP contribution >= 0.6 is 0 Å². The molecule has 1 fully saturated rings. The Labute approximate surface area is 210 Å². The normalized spacial score (nSPS) is 22.1. The van der Waals surface area contributed by atoms with Crippen LogP contribution in [0.15, 0.2) is 29.4 Å². The highest BCUT2D eigenvalue weighted by Gasteiger charge is 2.22. The van der Waals surface area contributed by atoms with E-state index in [9.17, 15) is 9.59 Å². The standard InChI is InChI=1S/C29H42N2O4/c1-4-13-26-15-10-7-5-6-9-14-25(30-34-21-27(32)31-16-11-8-12-17-31)20-24-19-22(2)18-23(3)28(24)29(33)35-26/h7,10,18-19,26H,4-6,8-9,11-17,20-21H2,1-3H3/b10-7+,30-25-. The lowest BCUT2D eigenvalue weighted by atomic mass is 9.93. The van der Waals surface area contributed by atoms with Gasteiger partial charge in [0.2, 0.25) is 0 Å². The van der Waals surface area contributed by atoms with Gasteiger partial charge in [-0.05, 0) is 76.3 Å². The van der Waals surface area contributed by atoms with Crippen molar-refractivity contribution in [1.29, 1.82) is 0 Å². The van der Waals surface area contributed by atoms with Crippen LogP contribution in [0.1, 0.15) is 98.2 Å². The van der Waals surface area contributed by atoms with Gasteiger partial charge in [-0.1, -0.05) is 48.3 Å². The molecule has 0 N–H and O–H groups in total. The van der Waals surface area contributed by atoms with Crippen LogP contribution < -0.4 is 0 Å². The van der Waals surface area contributed by atoms with E-state index in [1.807, 2.05) is 24.8 Å². The van der Waals surface area contributed by atoms with Crippen molar-refractivity contribution < 1.29 is 19.2 Å². The highest BCUT2D eigenvalue weighted by Crippen LogP contribution is 2.23. The molecule has 0 radical (unpaired) electrons. The minimum atomic E-state index is -0.262. The second kappa shape index (κ2) is 14.1. The third kappa shape index (κ3) is 8.52. The smallest absolute Gasteiger partial charge is 0.338 e. The van der Waals surface area contributed by atoms with Crippen molar-refractivity contribution in [3.8, 4) is 0 Å². The van der Waals surface area contributed by atoms with Gasteiger partial charge in [0, 0.05) is 25.9 Å². The summed E-state index contributed by atoms with van der Waals surface area (Å²) in [6.07, 6.45) is 14.4. The maximum Gasteiger partial charge on any atom is 0.338 e. The third-order valence-corrected chi connectivity index (χ3v) is 6.79. The van der Waals surface area contributed by atoms with E-state index in [4.69, 9.17) is 9.57 Å². The fourth-order valence-electron chi connectivity index (χ4n) is 5.00. The Balaban J connectivity index is 1.81. The Morgan fingerprint density at radius 1 is 1.11 bits per heavy atom. The van der Waals surface area contributed by atoms with Crippen LogP contribution in [0.2, 0.25) is 0 Å². The minimum absolute atomic E-state index is 0.00212. The largest absolute Gasteiger partial charge is 0.458 e. The minimum Gasteiger partial charge on any atom is -0.458 e. The van der Waals surface area contributed by atoms with Crippen molar-refractivity contribution in [2.75, 3.05) is 19.7 Å².